The lowest BCUT2D eigenvalue weighted by atomic mass is 10.3. The van der Waals surface area contributed by atoms with Crippen LogP contribution >= 0.6 is 15.9 Å². The number of benzene rings is 2. The SMILES string of the molecule is CCn1c(=O)oc2cc(NS(=O)(=O)c3ccc(Br)cc3)ccc21. The number of nitrogens with one attached hydrogen (secondary N) is 1. The number of aromatic nitrogens is 1. The van der Waals surface area contributed by atoms with Crippen LogP contribution in [0.1, 0.15) is 6.92 Å². The number of nitrogens with zero attached hydrogens (tertiary/aromatic N) is 1. The van der Waals surface area contributed by atoms with Gasteiger partial charge in [-0.25, -0.2) is 13.2 Å². The van der Waals surface area contributed by atoms with Gasteiger partial charge in [0.2, 0.25) is 0 Å². The zero-order chi connectivity index (χ0) is 16.6. The average Bonchev–Trinajstić information content (AvgIpc) is 2.81. The molecule has 120 valence electrons. The van der Waals surface area contributed by atoms with Crippen LogP contribution in [0.25, 0.3) is 11.1 Å². The first-order valence-electron chi connectivity index (χ1n) is 6.82. The van der Waals surface area contributed by atoms with Gasteiger partial charge in [0.05, 0.1) is 16.1 Å². The third kappa shape index (κ3) is 3.04. The molecule has 0 fully saturated rings. The van der Waals surface area contributed by atoms with E-state index >= 15 is 0 Å². The van der Waals surface area contributed by atoms with E-state index in [0.29, 0.717) is 23.3 Å². The minimum Gasteiger partial charge on any atom is -0.408 e. The van der Waals surface area contributed by atoms with Gasteiger partial charge < -0.3 is 4.42 Å². The number of hydrogen-bond donors (Lipinski definition) is 1. The van der Waals surface area contributed by atoms with Crippen molar-refractivity contribution in [1.82, 2.24) is 4.57 Å². The highest BCUT2D eigenvalue weighted by molar-refractivity contribution is 9.10. The zero-order valence-electron chi connectivity index (χ0n) is 12.1. The molecule has 2 aromatic carbocycles. The van der Waals surface area contributed by atoms with Crippen LogP contribution in [-0.2, 0) is 16.6 Å². The van der Waals surface area contributed by atoms with E-state index in [0.717, 1.165) is 4.47 Å². The second-order valence-corrected chi connectivity index (χ2v) is 7.45. The fourth-order valence-corrected chi connectivity index (χ4v) is 3.57. The van der Waals surface area contributed by atoms with Gasteiger partial charge in [-0.3, -0.25) is 9.29 Å². The Labute approximate surface area is 140 Å². The number of hydrogen-bond acceptors (Lipinski definition) is 4. The highest BCUT2D eigenvalue weighted by atomic mass is 79.9. The van der Waals surface area contributed by atoms with E-state index in [-0.39, 0.29) is 4.90 Å². The van der Waals surface area contributed by atoms with Crippen molar-refractivity contribution in [1.29, 1.82) is 0 Å². The van der Waals surface area contributed by atoms with Crippen LogP contribution in [-0.4, -0.2) is 13.0 Å². The highest BCUT2D eigenvalue weighted by Crippen LogP contribution is 2.22. The summed E-state index contributed by atoms with van der Waals surface area (Å²) in [7, 11) is -3.71. The quantitative estimate of drug-likeness (QED) is 0.733. The Balaban J connectivity index is 1.98. The van der Waals surface area contributed by atoms with Crippen LogP contribution in [0.4, 0.5) is 5.69 Å². The zero-order valence-corrected chi connectivity index (χ0v) is 14.5. The van der Waals surface area contributed by atoms with Crippen molar-refractivity contribution in [3.05, 3.63) is 57.5 Å². The molecule has 3 rings (SSSR count). The first-order chi connectivity index (χ1) is 10.9. The lowest BCUT2D eigenvalue weighted by Gasteiger charge is -2.08. The third-order valence-electron chi connectivity index (χ3n) is 3.36. The molecule has 6 nitrogen and oxygen atoms in total. The van der Waals surface area contributed by atoms with Gasteiger partial charge in [-0.1, -0.05) is 15.9 Å². The number of sulfonamides is 1. The fraction of sp³-hybridized carbons (Fsp3) is 0.133. The second-order valence-electron chi connectivity index (χ2n) is 4.85. The topological polar surface area (TPSA) is 81.3 Å². The molecule has 0 spiro atoms. The molecule has 0 radical (unpaired) electrons. The fourth-order valence-electron chi connectivity index (χ4n) is 2.26. The predicted octanol–water partition coefficient (Wildman–Crippen LogP) is 3.18. The molecule has 1 aromatic heterocycles. The summed E-state index contributed by atoms with van der Waals surface area (Å²) in [4.78, 5) is 11.8. The molecule has 8 heteroatoms. The standard InChI is InChI=1S/C15H13BrN2O4S/c1-2-18-13-8-5-11(9-14(13)22-15(18)19)17-23(20,21)12-6-3-10(16)4-7-12/h3-9,17H,2H2,1H3. The van der Waals surface area contributed by atoms with Gasteiger partial charge in [-0.2, -0.15) is 0 Å². The number of fused-ring (bicyclic) bond motifs is 1. The summed E-state index contributed by atoms with van der Waals surface area (Å²) in [6, 6.07) is 11.1. The molecule has 23 heavy (non-hydrogen) atoms. The van der Waals surface area contributed by atoms with Gasteiger partial charge >= 0.3 is 5.76 Å². The summed E-state index contributed by atoms with van der Waals surface area (Å²) in [5.41, 5.74) is 1.30. The van der Waals surface area contributed by atoms with Crippen LogP contribution in [0.3, 0.4) is 0 Å². The lowest BCUT2D eigenvalue weighted by molar-refractivity contribution is 0.513. The Morgan fingerprint density at radius 1 is 1.17 bits per heavy atom. The maximum Gasteiger partial charge on any atom is 0.419 e. The smallest absolute Gasteiger partial charge is 0.408 e. The first-order valence-corrected chi connectivity index (χ1v) is 9.10. The largest absolute Gasteiger partial charge is 0.419 e. The molecule has 0 aliphatic rings. The van der Waals surface area contributed by atoms with Crippen molar-refractivity contribution in [2.75, 3.05) is 4.72 Å². The Kier molecular flexibility index (Phi) is 4.03. The molecule has 0 aliphatic carbocycles. The Morgan fingerprint density at radius 2 is 1.87 bits per heavy atom. The number of oxazole rings is 1. The molecule has 0 amide bonds. The number of aryl methyl sites for hydroxylation is 1. The summed E-state index contributed by atoms with van der Waals surface area (Å²) < 4.78 is 34.6. The van der Waals surface area contributed by atoms with Crippen molar-refractivity contribution in [2.24, 2.45) is 0 Å². The highest BCUT2D eigenvalue weighted by Gasteiger charge is 2.15. The van der Waals surface area contributed by atoms with Gasteiger partial charge in [0.25, 0.3) is 10.0 Å². The number of anilines is 1. The summed E-state index contributed by atoms with van der Waals surface area (Å²) in [5.74, 6) is -0.463. The molecular formula is C15H13BrN2O4S. The van der Waals surface area contributed by atoms with Crippen molar-refractivity contribution in [3.63, 3.8) is 0 Å². The minimum atomic E-state index is -3.71. The lowest BCUT2D eigenvalue weighted by Crippen LogP contribution is -2.13. The minimum absolute atomic E-state index is 0.147. The Morgan fingerprint density at radius 3 is 2.52 bits per heavy atom. The molecule has 0 atom stereocenters. The van der Waals surface area contributed by atoms with Crippen LogP contribution < -0.4 is 10.5 Å². The van der Waals surface area contributed by atoms with E-state index in [1.165, 1.54) is 22.8 Å². The van der Waals surface area contributed by atoms with Crippen molar-refractivity contribution >= 4 is 42.7 Å². The molecule has 0 saturated carbocycles. The van der Waals surface area contributed by atoms with Crippen LogP contribution in [0.15, 0.2) is 61.0 Å². The van der Waals surface area contributed by atoms with Crippen LogP contribution in [0, 0.1) is 0 Å². The maximum absolute atomic E-state index is 12.4. The third-order valence-corrected chi connectivity index (χ3v) is 5.29. The van der Waals surface area contributed by atoms with Crippen LogP contribution in [0.5, 0.6) is 0 Å². The van der Waals surface area contributed by atoms with E-state index in [4.69, 9.17) is 4.42 Å². The molecule has 1 heterocycles. The monoisotopic (exact) mass is 396 g/mol. The maximum atomic E-state index is 12.4. The molecule has 0 saturated heterocycles. The normalized spacial score (nSPS) is 11.7. The summed E-state index contributed by atoms with van der Waals surface area (Å²) in [5, 5.41) is 0. The Bertz CT molecular complexity index is 1020. The van der Waals surface area contributed by atoms with Gasteiger partial charge in [0, 0.05) is 17.1 Å². The van der Waals surface area contributed by atoms with E-state index in [2.05, 4.69) is 20.7 Å². The van der Waals surface area contributed by atoms with E-state index in [1.54, 1.807) is 24.3 Å². The predicted molar refractivity (Wildman–Crippen MR) is 91.1 cm³/mol. The van der Waals surface area contributed by atoms with E-state index in [1.807, 2.05) is 6.92 Å². The van der Waals surface area contributed by atoms with E-state index < -0.39 is 15.8 Å². The molecular weight excluding hydrogens is 384 g/mol. The summed E-state index contributed by atoms with van der Waals surface area (Å²) >= 11 is 3.26. The molecule has 0 unspecified atom stereocenters. The van der Waals surface area contributed by atoms with Crippen LogP contribution in [0.2, 0.25) is 0 Å². The summed E-state index contributed by atoms with van der Waals surface area (Å²) in [6.07, 6.45) is 0. The van der Waals surface area contributed by atoms with E-state index in [9.17, 15) is 13.2 Å². The molecule has 0 aliphatic heterocycles. The second kappa shape index (κ2) is 5.86. The van der Waals surface area contributed by atoms with Crippen molar-refractivity contribution in [2.45, 2.75) is 18.4 Å². The molecule has 0 bridgehead atoms. The van der Waals surface area contributed by atoms with Crippen molar-refractivity contribution < 1.29 is 12.8 Å². The van der Waals surface area contributed by atoms with Crippen molar-refractivity contribution in [3.8, 4) is 0 Å². The number of halogens is 1. The molecule has 3 aromatic rings. The van der Waals surface area contributed by atoms with Gasteiger partial charge in [-0.05, 0) is 43.3 Å². The van der Waals surface area contributed by atoms with Gasteiger partial charge in [-0.15, -0.1) is 0 Å². The number of rotatable bonds is 4. The average molecular weight is 397 g/mol. The summed E-state index contributed by atoms with van der Waals surface area (Å²) in [6.45, 7) is 2.32. The van der Waals surface area contributed by atoms with Gasteiger partial charge in [0.15, 0.2) is 5.58 Å². The first kappa shape index (κ1) is 15.8. The van der Waals surface area contributed by atoms with Gasteiger partial charge in [0.1, 0.15) is 0 Å². The molecule has 1 N–H and O–H groups in total. The Hall–Kier alpha value is -2.06.